The summed E-state index contributed by atoms with van der Waals surface area (Å²) in [6.07, 6.45) is 2.89. The quantitative estimate of drug-likeness (QED) is 0.868. The number of nitrogens with one attached hydrogen (secondary N) is 2. The minimum atomic E-state index is -3.36. The Balaban J connectivity index is 1.60. The SMILES string of the molecule is O=S(=O)(NCC1CCNCC1)N1CCc2ccccc2C1. The van der Waals surface area contributed by atoms with Crippen LogP contribution in [-0.4, -0.2) is 38.9 Å². The Morgan fingerprint density at radius 2 is 1.90 bits per heavy atom. The highest BCUT2D eigenvalue weighted by atomic mass is 32.2. The predicted octanol–water partition coefficient (Wildman–Crippen LogP) is 0.879. The summed E-state index contributed by atoms with van der Waals surface area (Å²) < 4.78 is 29.2. The number of piperidine rings is 1. The van der Waals surface area contributed by atoms with Crippen LogP contribution in [0, 0.1) is 5.92 Å². The van der Waals surface area contributed by atoms with Gasteiger partial charge in [-0.15, -0.1) is 0 Å². The average molecular weight is 309 g/mol. The maximum absolute atomic E-state index is 12.4. The van der Waals surface area contributed by atoms with Gasteiger partial charge in [-0.2, -0.15) is 12.7 Å². The lowest BCUT2D eigenvalue weighted by Gasteiger charge is -2.29. The molecule has 0 spiro atoms. The van der Waals surface area contributed by atoms with Crippen LogP contribution in [0.5, 0.6) is 0 Å². The van der Waals surface area contributed by atoms with E-state index in [2.05, 4.69) is 16.1 Å². The Labute approximate surface area is 126 Å². The molecule has 2 aliphatic heterocycles. The van der Waals surface area contributed by atoms with Crippen LogP contribution in [0.15, 0.2) is 24.3 Å². The van der Waals surface area contributed by atoms with Gasteiger partial charge >= 0.3 is 0 Å². The lowest BCUT2D eigenvalue weighted by Crippen LogP contribution is -2.45. The molecule has 1 aromatic rings. The van der Waals surface area contributed by atoms with Crippen molar-refractivity contribution in [3.05, 3.63) is 35.4 Å². The van der Waals surface area contributed by atoms with Crippen molar-refractivity contribution in [2.75, 3.05) is 26.2 Å². The molecule has 0 unspecified atom stereocenters. The Kier molecular flexibility index (Phi) is 4.59. The van der Waals surface area contributed by atoms with Gasteiger partial charge in [0.15, 0.2) is 0 Å². The zero-order chi connectivity index (χ0) is 14.7. The second-order valence-corrected chi connectivity index (χ2v) is 7.65. The molecular formula is C15H23N3O2S. The molecule has 0 bridgehead atoms. The molecule has 5 nitrogen and oxygen atoms in total. The van der Waals surface area contributed by atoms with Crippen molar-refractivity contribution in [3.63, 3.8) is 0 Å². The van der Waals surface area contributed by atoms with Gasteiger partial charge in [0.2, 0.25) is 0 Å². The van der Waals surface area contributed by atoms with Crippen molar-refractivity contribution in [1.29, 1.82) is 0 Å². The van der Waals surface area contributed by atoms with Crippen LogP contribution in [0.2, 0.25) is 0 Å². The molecule has 2 heterocycles. The van der Waals surface area contributed by atoms with E-state index in [1.165, 1.54) is 5.56 Å². The zero-order valence-corrected chi connectivity index (χ0v) is 13.0. The summed E-state index contributed by atoms with van der Waals surface area (Å²) in [7, 11) is -3.36. The van der Waals surface area contributed by atoms with E-state index >= 15 is 0 Å². The monoisotopic (exact) mass is 309 g/mol. The van der Waals surface area contributed by atoms with Crippen molar-refractivity contribution in [1.82, 2.24) is 14.3 Å². The number of nitrogens with zero attached hydrogens (tertiary/aromatic N) is 1. The normalized spacial score (nSPS) is 21.1. The molecule has 1 saturated heterocycles. The van der Waals surface area contributed by atoms with E-state index in [0.717, 1.165) is 37.9 Å². The summed E-state index contributed by atoms with van der Waals surface area (Å²) in [4.78, 5) is 0. The Morgan fingerprint density at radius 3 is 2.67 bits per heavy atom. The first-order chi connectivity index (χ1) is 10.1. The summed E-state index contributed by atoms with van der Waals surface area (Å²) in [6, 6.07) is 8.08. The molecular weight excluding hydrogens is 286 g/mol. The smallest absolute Gasteiger partial charge is 0.279 e. The van der Waals surface area contributed by atoms with Gasteiger partial charge in [0, 0.05) is 19.6 Å². The topological polar surface area (TPSA) is 61.4 Å². The zero-order valence-electron chi connectivity index (χ0n) is 12.2. The van der Waals surface area contributed by atoms with E-state index in [0.29, 0.717) is 25.6 Å². The fourth-order valence-corrected chi connectivity index (χ4v) is 4.34. The lowest BCUT2D eigenvalue weighted by atomic mass is 9.99. The molecule has 0 radical (unpaired) electrons. The molecule has 1 fully saturated rings. The summed E-state index contributed by atoms with van der Waals surface area (Å²) in [5.74, 6) is 0.457. The highest BCUT2D eigenvalue weighted by Crippen LogP contribution is 2.20. The van der Waals surface area contributed by atoms with E-state index in [1.807, 2.05) is 18.2 Å². The van der Waals surface area contributed by atoms with E-state index in [1.54, 1.807) is 4.31 Å². The second kappa shape index (κ2) is 6.44. The molecule has 21 heavy (non-hydrogen) atoms. The molecule has 0 atom stereocenters. The van der Waals surface area contributed by atoms with Crippen molar-refractivity contribution in [2.24, 2.45) is 5.92 Å². The van der Waals surface area contributed by atoms with Crippen LogP contribution in [0.4, 0.5) is 0 Å². The summed E-state index contributed by atoms with van der Waals surface area (Å²) in [6.45, 7) is 3.59. The lowest BCUT2D eigenvalue weighted by molar-refractivity contribution is 0.354. The molecule has 0 aliphatic carbocycles. The molecule has 0 aromatic heterocycles. The van der Waals surface area contributed by atoms with Crippen molar-refractivity contribution in [3.8, 4) is 0 Å². The highest BCUT2D eigenvalue weighted by Gasteiger charge is 2.27. The number of hydrogen-bond donors (Lipinski definition) is 2. The average Bonchev–Trinajstić information content (AvgIpc) is 2.53. The van der Waals surface area contributed by atoms with Gasteiger partial charge in [-0.3, -0.25) is 0 Å². The van der Waals surface area contributed by atoms with Crippen LogP contribution in [0.1, 0.15) is 24.0 Å². The molecule has 6 heteroatoms. The van der Waals surface area contributed by atoms with Gasteiger partial charge in [0.05, 0.1) is 0 Å². The first-order valence-corrected chi connectivity index (χ1v) is 9.11. The molecule has 0 saturated carbocycles. The van der Waals surface area contributed by atoms with E-state index in [-0.39, 0.29) is 0 Å². The van der Waals surface area contributed by atoms with Gasteiger partial charge in [-0.05, 0) is 49.4 Å². The van der Waals surface area contributed by atoms with Crippen LogP contribution in [0.25, 0.3) is 0 Å². The maximum Gasteiger partial charge on any atom is 0.279 e. The van der Waals surface area contributed by atoms with Crippen molar-refractivity contribution < 1.29 is 8.42 Å². The number of hydrogen-bond acceptors (Lipinski definition) is 3. The molecule has 1 aromatic carbocycles. The predicted molar refractivity (Wildman–Crippen MR) is 83.1 cm³/mol. The van der Waals surface area contributed by atoms with Gasteiger partial charge in [0.1, 0.15) is 0 Å². The molecule has 0 amide bonds. The fourth-order valence-electron chi connectivity index (χ4n) is 3.08. The van der Waals surface area contributed by atoms with Crippen molar-refractivity contribution >= 4 is 10.2 Å². The number of rotatable bonds is 4. The Hall–Kier alpha value is -0.950. The minimum Gasteiger partial charge on any atom is -0.317 e. The summed E-state index contributed by atoms with van der Waals surface area (Å²) in [5.41, 5.74) is 2.39. The van der Waals surface area contributed by atoms with Crippen LogP contribution >= 0.6 is 0 Å². The van der Waals surface area contributed by atoms with E-state index in [4.69, 9.17) is 0 Å². The van der Waals surface area contributed by atoms with Crippen LogP contribution in [0.3, 0.4) is 0 Å². The first-order valence-electron chi connectivity index (χ1n) is 7.67. The van der Waals surface area contributed by atoms with Crippen LogP contribution < -0.4 is 10.0 Å². The summed E-state index contributed by atoms with van der Waals surface area (Å²) >= 11 is 0. The minimum absolute atomic E-state index is 0.457. The Bertz CT molecular complexity index is 582. The third kappa shape index (κ3) is 3.63. The first kappa shape index (κ1) is 15.0. The third-order valence-electron chi connectivity index (χ3n) is 4.45. The fraction of sp³-hybridized carbons (Fsp3) is 0.600. The van der Waals surface area contributed by atoms with Gasteiger partial charge < -0.3 is 5.32 Å². The standard InChI is InChI=1S/C15H23N3O2S/c19-21(20,17-11-13-5-8-16-9-6-13)18-10-7-14-3-1-2-4-15(14)12-18/h1-4,13,16-17H,5-12H2. The van der Waals surface area contributed by atoms with Gasteiger partial charge in [-0.1, -0.05) is 24.3 Å². The second-order valence-electron chi connectivity index (χ2n) is 5.90. The van der Waals surface area contributed by atoms with Crippen molar-refractivity contribution in [2.45, 2.75) is 25.8 Å². The number of benzene rings is 1. The molecule has 2 aliphatic rings. The van der Waals surface area contributed by atoms with Crippen LogP contribution in [-0.2, 0) is 23.2 Å². The highest BCUT2D eigenvalue weighted by molar-refractivity contribution is 7.87. The number of fused-ring (bicyclic) bond motifs is 1. The van der Waals surface area contributed by atoms with E-state index < -0.39 is 10.2 Å². The summed E-state index contributed by atoms with van der Waals surface area (Å²) in [5, 5.41) is 3.30. The van der Waals surface area contributed by atoms with E-state index in [9.17, 15) is 8.42 Å². The third-order valence-corrected chi connectivity index (χ3v) is 5.97. The molecule has 2 N–H and O–H groups in total. The largest absolute Gasteiger partial charge is 0.317 e. The Morgan fingerprint density at radius 1 is 1.19 bits per heavy atom. The molecule has 116 valence electrons. The van der Waals surface area contributed by atoms with Gasteiger partial charge in [-0.25, -0.2) is 4.72 Å². The molecule has 3 rings (SSSR count). The van der Waals surface area contributed by atoms with Gasteiger partial charge in [0.25, 0.3) is 10.2 Å². The maximum atomic E-state index is 12.4.